The van der Waals surface area contributed by atoms with Crippen LogP contribution >= 0.6 is 23.2 Å². The Morgan fingerprint density at radius 2 is 2.05 bits per heavy atom. The van der Waals surface area contributed by atoms with E-state index in [9.17, 15) is 13.2 Å². The van der Waals surface area contributed by atoms with Crippen molar-refractivity contribution >= 4 is 45.2 Å². The van der Waals surface area contributed by atoms with Crippen LogP contribution < -0.4 is 4.72 Å². The van der Waals surface area contributed by atoms with Crippen LogP contribution in [0, 0.1) is 6.92 Å². The first kappa shape index (κ1) is 15.5. The number of hydrogen-bond donors (Lipinski definition) is 2. The normalized spacial score (nSPS) is 11.4. The van der Waals surface area contributed by atoms with Gasteiger partial charge in [-0.2, -0.15) is 4.98 Å². The van der Waals surface area contributed by atoms with Crippen LogP contribution in [0.3, 0.4) is 0 Å². The molecule has 0 aliphatic rings. The molecule has 11 heteroatoms. The number of carboxylic acid groups (broad SMARTS) is 1. The fraction of sp³-hybridized carbons (Fsp3) is 0.100. The second kappa shape index (κ2) is 5.51. The number of halogens is 2. The highest BCUT2D eigenvalue weighted by Gasteiger charge is 2.25. The van der Waals surface area contributed by atoms with Gasteiger partial charge in [-0.05, 0) is 19.1 Å². The van der Waals surface area contributed by atoms with Crippen molar-refractivity contribution in [1.82, 2.24) is 10.1 Å². The zero-order chi connectivity index (χ0) is 15.8. The molecule has 0 unspecified atom stereocenters. The number of sulfonamides is 1. The Morgan fingerprint density at radius 3 is 2.57 bits per heavy atom. The van der Waals surface area contributed by atoms with Gasteiger partial charge in [-0.15, -0.1) is 0 Å². The zero-order valence-corrected chi connectivity index (χ0v) is 12.6. The number of rotatable bonds is 4. The lowest BCUT2D eigenvalue weighted by Crippen LogP contribution is -2.15. The van der Waals surface area contributed by atoms with Gasteiger partial charge in [0.05, 0.1) is 10.6 Å². The Bertz CT molecular complexity index is 818. The summed E-state index contributed by atoms with van der Waals surface area (Å²) in [4.78, 5) is 14.2. The summed E-state index contributed by atoms with van der Waals surface area (Å²) < 4.78 is 31.0. The van der Waals surface area contributed by atoms with Crippen molar-refractivity contribution in [2.45, 2.75) is 11.8 Å². The second-order valence-corrected chi connectivity index (χ2v) is 6.29. The van der Waals surface area contributed by atoms with Gasteiger partial charge in [0.15, 0.2) is 5.82 Å². The van der Waals surface area contributed by atoms with Crippen molar-refractivity contribution in [3.05, 3.63) is 33.6 Å². The summed E-state index contributed by atoms with van der Waals surface area (Å²) in [6, 6.07) is 1.68. The van der Waals surface area contributed by atoms with Crippen LogP contribution in [0.5, 0.6) is 0 Å². The highest BCUT2D eigenvalue weighted by molar-refractivity contribution is 7.92. The molecule has 0 atom stereocenters. The van der Waals surface area contributed by atoms with E-state index in [1.807, 2.05) is 4.72 Å². The van der Waals surface area contributed by atoms with E-state index in [1.54, 1.807) is 0 Å². The summed E-state index contributed by atoms with van der Waals surface area (Å²) in [5.41, 5.74) is -0.439. The summed E-state index contributed by atoms with van der Waals surface area (Å²) in [5.74, 6) is -1.19. The van der Waals surface area contributed by atoms with Crippen LogP contribution in [-0.2, 0) is 10.0 Å². The van der Waals surface area contributed by atoms with Gasteiger partial charge in [-0.3, -0.25) is 0 Å². The second-order valence-electron chi connectivity index (χ2n) is 3.82. The van der Waals surface area contributed by atoms with Crippen molar-refractivity contribution in [3.63, 3.8) is 0 Å². The van der Waals surface area contributed by atoms with Gasteiger partial charge in [0, 0.05) is 5.02 Å². The minimum atomic E-state index is -4.24. The number of aryl methyl sites for hydroxylation is 1. The van der Waals surface area contributed by atoms with Crippen molar-refractivity contribution < 1.29 is 22.8 Å². The van der Waals surface area contributed by atoms with Gasteiger partial charge < -0.3 is 9.63 Å². The number of nitrogens with one attached hydrogen (secondary N) is 1. The molecule has 2 N–H and O–H groups in total. The SMILES string of the molecule is Cc1noc(NS(=O)(=O)c2cc(Cl)cc(C(=O)O)c2Cl)n1. The molecule has 2 aromatic rings. The summed E-state index contributed by atoms with van der Waals surface area (Å²) in [7, 11) is -4.24. The van der Waals surface area contributed by atoms with Crippen LogP contribution in [0.25, 0.3) is 0 Å². The fourth-order valence-corrected chi connectivity index (χ4v) is 3.25. The maximum atomic E-state index is 12.2. The number of hydrogen-bond acceptors (Lipinski definition) is 6. The first-order chi connectivity index (χ1) is 9.70. The van der Waals surface area contributed by atoms with Gasteiger partial charge in [-0.25, -0.2) is 17.9 Å². The van der Waals surface area contributed by atoms with E-state index in [4.69, 9.17) is 28.3 Å². The van der Waals surface area contributed by atoms with Gasteiger partial charge in [-0.1, -0.05) is 28.4 Å². The third-order valence-corrected chi connectivity index (χ3v) is 4.36. The maximum Gasteiger partial charge on any atom is 0.337 e. The highest BCUT2D eigenvalue weighted by Crippen LogP contribution is 2.30. The van der Waals surface area contributed by atoms with Gasteiger partial charge in [0.2, 0.25) is 0 Å². The van der Waals surface area contributed by atoms with Gasteiger partial charge in [0.1, 0.15) is 4.90 Å². The molecule has 8 nitrogen and oxygen atoms in total. The smallest absolute Gasteiger partial charge is 0.337 e. The quantitative estimate of drug-likeness (QED) is 0.865. The zero-order valence-electron chi connectivity index (χ0n) is 10.3. The molecule has 0 saturated carbocycles. The molecule has 0 bridgehead atoms. The number of carbonyl (C=O) groups is 1. The van der Waals surface area contributed by atoms with Crippen molar-refractivity contribution in [1.29, 1.82) is 0 Å². The number of carboxylic acids is 1. The molecular formula is C10H7Cl2N3O5S. The standard InChI is InChI=1S/C10H7Cl2N3O5S/c1-4-13-10(20-14-4)15-21(18,19)7-3-5(11)2-6(8(7)12)9(16)17/h2-3H,1H3,(H,16,17)(H,13,14,15). The lowest BCUT2D eigenvalue weighted by atomic mass is 10.2. The van der Waals surface area contributed by atoms with E-state index < -0.39 is 31.5 Å². The molecule has 0 spiro atoms. The molecule has 1 aromatic carbocycles. The summed E-state index contributed by atoms with van der Waals surface area (Å²) in [6.07, 6.45) is 0. The highest BCUT2D eigenvalue weighted by atomic mass is 35.5. The van der Waals surface area contributed by atoms with E-state index in [1.165, 1.54) is 6.92 Å². The maximum absolute atomic E-state index is 12.2. The molecule has 0 amide bonds. The first-order valence-electron chi connectivity index (χ1n) is 5.26. The first-order valence-corrected chi connectivity index (χ1v) is 7.50. The van der Waals surface area contributed by atoms with Crippen LogP contribution in [0.1, 0.15) is 16.2 Å². The Morgan fingerprint density at radius 1 is 1.38 bits per heavy atom. The topological polar surface area (TPSA) is 122 Å². The van der Waals surface area contributed by atoms with Crippen LogP contribution in [-0.4, -0.2) is 29.6 Å². The van der Waals surface area contributed by atoms with Crippen LogP contribution in [0.4, 0.5) is 6.01 Å². The van der Waals surface area contributed by atoms with E-state index in [0.717, 1.165) is 12.1 Å². The van der Waals surface area contributed by atoms with E-state index in [0.29, 0.717) is 0 Å². The molecule has 1 aromatic heterocycles. The molecule has 112 valence electrons. The molecule has 0 fully saturated rings. The molecule has 0 saturated heterocycles. The molecule has 0 aliphatic heterocycles. The Kier molecular flexibility index (Phi) is 4.08. The molecule has 0 aliphatic carbocycles. The average molecular weight is 352 g/mol. The third kappa shape index (κ3) is 3.26. The van der Waals surface area contributed by atoms with E-state index in [-0.39, 0.29) is 16.9 Å². The van der Waals surface area contributed by atoms with Gasteiger partial charge in [0.25, 0.3) is 10.0 Å². The van der Waals surface area contributed by atoms with Crippen molar-refractivity contribution in [3.8, 4) is 0 Å². The molecule has 1 heterocycles. The lowest BCUT2D eigenvalue weighted by molar-refractivity contribution is 0.0697. The summed E-state index contributed by atoms with van der Waals surface area (Å²) >= 11 is 11.5. The lowest BCUT2D eigenvalue weighted by Gasteiger charge is -2.09. The molecular weight excluding hydrogens is 345 g/mol. The monoisotopic (exact) mass is 351 g/mol. The van der Waals surface area contributed by atoms with Crippen LogP contribution in [0.15, 0.2) is 21.6 Å². The minimum Gasteiger partial charge on any atom is -0.478 e. The number of aromatic nitrogens is 2. The average Bonchev–Trinajstić information content (AvgIpc) is 2.76. The molecule has 0 radical (unpaired) electrons. The predicted molar refractivity (Wildman–Crippen MR) is 73.3 cm³/mol. The van der Waals surface area contributed by atoms with Crippen LogP contribution in [0.2, 0.25) is 10.0 Å². The van der Waals surface area contributed by atoms with E-state index >= 15 is 0 Å². The van der Waals surface area contributed by atoms with Crippen molar-refractivity contribution in [2.24, 2.45) is 0 Å². The number of nitrogens with zero attached hydrogens (tertiary/aromatic N) is 2. The number of benzene rings is 1. The van der Waals surface area contributed by atoms with Crippen molar-refractivity contribution in [2.75, 3.05) is 4.72 Å². The number of anilines is 1. The Balaban J connectivity index is 2.52. The Hall–Kier alpha value is -1.84. The fourth-order valence-electron chi connectivity index (χ4n) is 1.42. The molecule has 2 rings (SSSR count). The minimum absolute atomic E-state index is 0.0983. The third-order valence-electron chi connectivity index (χ3n) is 2.27. The predicted octanol–water partition coefficient (Wildman–Crippen LogP) is 2.18. The van der Waals surface area contributed by atoms with E-state index in [2.05, 4.69) is 14.7 Å². The molecule has 21 heavy (non-hydrogen) atoms. The number of aromatic carboxylic acids is 1. The van der Waals surface area contributed by atoms with Gasteiger partial charge >= 0.3 is 12.0 Å². The summed E-state index contributed by atoms with van der Waals surface area (Å²) in [6.45, 7) is 1.50. The largest absolute Gasteiger partial charge is 0.478 e. The summed E-state index contributed by atoms with van der Waals surface area (Å²) in [5, 5.41) is 11.8. The Labute approximate surface area is 128 Å².